The number of amides is 1. The van der Waals surface area contributed by atoms with Crippen LogP contribution in [0.25, 0.3) is 0 Å². The summed E-state index contributed by atoms with van der Waals surface area (Å²) in [6.45, 7) is 3.41. The number of carbonyl (C=O) groups excluding carboxylic acids is 1. The lowest BCUT2D eigenvalue weighted by Crippen LogP contribution is -2.40. The Kier molecular flexibility index (Phi) is 4.62. The quantitative estimate of drug-likeness (QED) is 0.695. The van der Waals surface area contributed by atoms with Crippen molar-refractivity contribution in [2.75, 3.05) is 6.54 Å². The summed E-state index contributed by atoms with van der Waals surface area (Å²) in [7, 11) is 0. The number of hydrogen-bond donors (Lipinski definition) is 0. The fourth-order valence-electron chi connectivity index (χ4n) is 3.20. The number of ether oxygens (including phenoxy) is 1. The van der Waals surface area contributed by atoms with Crippen molar-refractivity contribution in [3.8, 4) is 5.88 Å². The third-order valence-corrected chi connectivity index (χ3v) is 4.71. The Bertz CT molecular complexity index is 969. The number of nitrogens with zero attached hydrogens (tertiary/aromatic N) is 3. The van der Waals surface area contributed by atoms with Crippen molar-refractivity contribution in [3.05, 3.63) is 82.8 Å². The minimum Gasteiger partial charge on any atom is -0.472 e. The Hall–Kier alpha value is -3.15. The number of carbonyl (C=O) groups is 1. The van der Waals surface area contributed by atoms with Gasteiger partial charge in [0.05, 0.1) is 6.54 Å². The standard InChI is InChI=1S/C21H20FN3O2/c1-15-6-5-9-17(20(15)22)13-24-10-11-25-18(21(24)26)12-19(23-25)27-14-16-7-3-2-4-8-16/h2-9,12H,10-11,13-14H2,1H3. The highest BCUT2D eigenvalue weighted by Crippen LogP contribution is 2.22. The molecule has 0 bridgehead atoms. The van der Waals surface area contributed by atoms with Gasteiger partial charge >= 0.3 is 0 Å². The molecule has 0 fully saturated rings. The van der Waals surface area contributed by atoms with Crippen LogP contribution in [0.4, 0.5) is 4.39 Å². The molecule has 1 aliphatic rings. The van der Waals surface area contributed by atoms with Gasteiger partial charge in [0.1, 0.15) is 18.1 Å². The van der Waals surface area contributed by atoms with Gasteiger partial charge in [0.25, 0.3) is 5.91 Å². The highest BCUT2D eigenvalue weighted by molar-refractivity contribution is 5.93. The summed E-state index contributed by atoms with van der Waals surface area (Å²) in [5.74, 6) is 0.00581. The number of benzene rings is 2. The zero-order valence-electron chi connectivity index (χ0n) is 15.1. The normalized spacial score (nSPS) is 13.6. The molecule has 2 aromatic carbocycles. The van der Waals surface area contributed by atoms with Gasteiger partial charge in [-0.15, -0.1) is 5.10 Å². The number of aromatic nitrogens is 2. The van der Waals surface area contributed by atoms with E-state index in [0.717, 1.165) is 5.56 Å². The van der Waals surface area contributed by atoms with Gasteiger partial charge in [0, 0.05) is 24.7 Å². The van der Waals surface area contributed by atoms with Crippen LogP contribution in [0.1, 0.15) is 27.2 Å². The first-order valence-corrected chi connectivity index (χ1v) is 8.89. The lowest BCUT2D eigenvalue weighted by atomic mass is 10.1. The van der Waals surface area contributed by atoms with Crippen LogP contribution in [-0.2, 0) is 19.7 Å². The molecule has 0 N–H and O–H groups in total. The van der Waals surface area contributed by atoms with Gasteiger partial charge < -0.3 is 9.64 Å². The van der Waals surface area contributed by atoms with E-state index >= 15 is 0 Å². The summed E-state index contributed by atoms with van der Waals surface area (Å²) in [5.41, 5.74) is 2.61. The highest BCUT2D eigenvalue weighted by Gasteiger charge is 2.27. The monoisotopic (exact) mass is 365 g/mol. The molecule has 2 heterocycles. The molecule has 0 radical (unpaired) electrons. The van der Waals surface area contributed by atoms with Gasteiger partial charge in [0.15, 0.2) is 0 Å². The highest BCUT2D eigenvalue weighted by atomic mass is 19.1. The molecule has 1 amide bonds. The van der Waals surface area contributed by atoms with Crippen LogP contribution in [-0.4, -0.2) is 27.1 Å². The molecule has 4 rings (SSSR count). The molecule has 0 aliphatic carbocycles. The minimum absolute atomic E-state index is 0.163. The number of hydrogen-bond acceptors (Lipinski definition) is 3. The van der Waals surface area contributed by atoms with E-state index in [1.165, 1.54) is 0 Å². The summed E-state index contributed by atoms with van der Waals surface area (Å²) >= 11 is 0. The Labute approximate surface area is 157 Å². The smallest absolute Gasteiger partial charge is 0.272 e. The van der Waals surface area contributed by atoms with Crippen molar-refractivity contribution < 1.29 is 13.9 Å². The van der Waals surface area contributed by atoms with E-state index in [9.17, 15) is 9.18 Å². The SMILES string of the molecule is Cc1cccc(CN2CCn3nc(OCc4ccccc4)cc3C2=O)c1F. The van der Waals surface area contributed by atoms with E-state index in [2.05, 4.69) is 5.10 Å². The van der Waals surface area contributed by atoms with Gasteiger partial charge in [-0.3, -0.25) is 9.48 Å². The minimum atomic E-state index is -0.253. The molecular formula is C21H20FN3O2. The molecule has 3 aromatic rings. The van der Waals surface area contributed by atoms with E-state index in [1.807, 2.05) is 36.4 Å². The molecule has 5 nitrogen and oxygen atoms in total. The van der Waals surface area contributed by atoms with Crippen molar-refractivity contribution in [3.63, 3.8) is 0 Å². The van der Waals surface area contributed by atoms with E-state index in [-0.39, 0.29) is 18.3 Å². The van der Waals surface area contributed by atoms with Gasteiger partial charge in [-0.25, -0.2) is 4.39 Å². The number of rotatable bonds is 5. The number of aryl methyl sites for hydroxylation is 1. The van der Waals surface area contributed by atoms with Crippen LogP contribution in [0, 0.1) is 12.7 Å². The van der Waals surface area contributed by atoms with Crippen LogP contribution < -0.4 is 4.74 Å². The molecule has 0 spiro atoms. The first kappa shape index (κ1) is 17.3. The predicted molar refractivity (Wildman–Crippen MR) is 98.9 cm³/mol. The average Bonchev–Trinajstić information content (AvgIpc) is 3.11. The van der Waals surface area contributed by atoms with Crippen LogP contribution in [0.15, 0.2) is 54.6 Å². The van der Waals surface area contributed by atoms with Gasteiger partial charge in [-0.1, -0.05) is 48.5 Å². The molecule has 1 aromatic heterocycles. The third-order valence-electron chi connectivity index (χ3n) is 4.71. The van der Waals surface area contributed by atoms with Crippen LogP contribution in [0.3, 0.4) is 0 Å². The molecule has 0 atom stereocenters. The van der Waals surface area contributed by atoms with Crippen molar-refractivity contribution >= 4 is 5.91 Å². The number of halogens is 1. The molecular weight excluding hydrogens is 345 g/mol. The zero-order chi connectivity index (χ0) is 18.8. The molecule has 0 saturated carbocycles. The summed E-state index contributed by atoms with van der Waals surface area (Å²) in [6, 6.07) is 16.7. The van der Waals surface area contributed by atoms with Crippen molar-refractivity contribution in [1.82, 2.24) is 14.7 Å². The Morgan fingerprint density at radius 1 is 1.11 bits per heavy atom. The summed E-state index contributed by atoms with van der Waals surface area (Å²) in [5, 5.41) is 4.36. The van der Waals surface area contributed by atoms with E-state index in [1.54, 1.807) is 34.7 Å². The molecule has 27 heavy (non-hydrogen) atoms. The Balaban J connectivity index is 1.47. The number of fused-ring (bicyclic) bond motifs is 1. The second kappa shape index (κ2) is 7.23. The maximum atomic E-state index is 14.3. The Morgan fingerprint density at radius 3 is 2.74 bits per heavy atom. The fraction of sp³-hybridized carbons (Fsp3) is 0.238. The third kappa shape index (κ3) is 3.56. The Morgan fingerprint density at radius 2 is 1.93 bits per heavy atom. The first-order valence-electron chi connectivity index (χ1n) is 8.89. The van der Waals surface area contributed by atoms with Crippen LogP contribution in [0.2, 0.25) is 0 Å². The summed E-state index contributed by atoms with van der Waals surface area (Å²) in [4.78, 5) is 14.4. The molecule has 1 aliphatic heterocycles. The lowest BCUT2D eigenvalue weighted by Gasteiger charge is -2.27. The average molecular weight is 365 g/mol. The van der Waals surface area contributed by atoms with Crippen molar-refractivity contribution in [1.29, 1.82) is 0 Å². The van der Waals surface area contributed by atoms with Crippen molar-refractivity contribution in [2.24, 2.45) is 0 Å². The molecule has 0 unspecified atom stereocenters. The summed E-state index contributed by atoms with van der Waals surface area (Å²) in [6.07, 6.45) is 0. The summed E-state index contributed by atoms with van der Waals surface area (Å²) < 4.78 is 21.6. The maximum absolute atomic E-state index is 14.3. The van der Waals surface area contributed by atoms with Gasteiger partial charge in [-0.05, 0) is 18.1 Å². The van der Waals surface area contributed by atoms with Crippen molar-refractivity contribution in [2.45, 2.75) is 26.6 Å². The fourth-order valence-corrected chi connectivity index (χ4v) is 3.20. The molecule has 138 valence electrons. The molecule has 0 saturated heterocycles. The topological polar surface area (TPSA) is 47.4 Å². The van der Waals surface area contributed by atoms with E-state index < -0.39 is 0 Å². The zero-order valence-corrected chi connectivity index (χ0v) is 15.1. The maximum Gasteiger partial charge on any atom is 0.272 e. The second-order valence-corrected chi connectivity index (χ2v) is 6.64. The van der Waals surface area contributed by atoms with E-state index in [0.29, 0.717) is 42.4 Å². The first-order chi connectivity index (χ1) is 13.1. The molecule has 6 heteroatoms. The second-order valence-electron chi connectivity index (χ2n) is 6.64. The van der Waals surface area contributed by atoms with E-state index in [4.69, 9.17) is 4.74 Å². The van der Waals surface area contributed by atoms with Gasteiger partial charge in [0.2, 0.25) is 5.88 Å². The van der Waals surface area contributed by atoms with Gasteiger partial charge in [-0.2, -0.15) is 0 Å². The largest absolute Gasteiger partial charge is 0.472 e. The lowest BCUT2D eigenvalue weighted by molar-refractivity contribution is 0.0681. The van der Waals surface area contributed by atoms with Crippen LogP contribution in [0.5, 0.6) is 5.88 Å². The predicted octanol–water partition coefficient (Wildman–Crippen LogP) is 3.57. The van der Waals surface area contributed by atoms with Crippen LogP contribution >= 0.6 is 0 Å².